The lowest BCUT2D eigenvalue weighted by atomic mass is 10.00. The molecule has 1 fully saturated rings. The third-order valence-electron chi connectivity index (χ3n) is 6.01. The van der Waals surface area contributed by atoms with Gasteiger partial charge in [-0.2, -0.15) is 0 Å². The number of carbonyl (C=O) groups is 1. The number of ether oxygens (including phenoxy) is 2. The first-order chi connectivity index (χ1) is 16.6. The number of rotatable bonds is 9. The van der Waals surface area contributed by atoms with E-state index in [1.54, 1.807) is 30.6 Å². The molecule has 0 aliphatic carbocycles. The predicted octanol–water partition coefficient (Wildman–Crippen LogP) is 5.54. The summed E-state index contributed by atoms with van der Waals surface area (Å²) in [5.74, 6) is 1.74. The zero-order valence-electron chi connectivity index (χ0n) is 20.0. The van der Waals surface area contributed by atoms with Gasteiger partial charge in [-0.05, 0) is 85.8 Å². The second-order valence-corrected chi connectivity index (χ2v) is 8.87. The maximum atomic E-state index is 12.9. The Morgan fingerprint density at radius 3 is 2.56 bits per heavy atom. The molecule has 34 heavy (non-hydrogen) atoms. The Morgan fingerprint density at radius 1 is 1.03 bits per heavy atom. The maximum absolute atomic E-state index is 12.9. The molecule has 1 aliphatic rings. The molecule has 1 unspecified atom stereocenters. The van der Waals surface area contributed by atoms with Crippen LogP contribution in [0.5, 0.6) is 11.5 Å². The van der Waals surface area contributed by atoms with Gasteiger partial charge in [0.1, 0.15) is 6.61 Å². The highest BCUT2D eigenvalue weighted by Crippen LogP contribution is 2.30. The molecule has 1 N–H and O–H groups in total. The molecule has 2 heterocycles. The highest BCUT2D eigenvalue weighted by molar-refractivity contribution is 6.04. The molecule has 1 amide bonds. The monoisotopic (exact) mass is 459 g/mol. The first-order valence-electron chi connectivity index (χ1n) is 12.0. The normalized spacial score (nSPS) is 16.1. The Bertz CT molecular complexity index is 1070. The predicted molar refractivity (Wildman–Crippen MR) is 134 cm³/mol. The number of nitrogens with one attached hydrogen (secondary N) is 1. The Kier molecular flexibility index (Phi) is 8.15. The summed E-state index contributed by atoms with van der Waals surface area (Å²) in [6.45, 7) is 8.38. The molecule has 1 atom stereocenters. The number of carbonyl (C=O) groups excluding carboxylic acids is 1. The summed E-state index contributed by atoms with van der Waals surface area (Å²) in [6, 6.07) is 17.2. The van der Waals surface area contributed by atoms with Gasteiger partial charge in [0.2, 0.25) is 0 Å². The number of hydrogen-bond acceptors (Lipinski definition) is 5. The summed E-state index contributed by atoms with van der Waals surface area (Å²) in [5, 5.41) is 2.99. The molecule has 1 saturated heterocycles. The molecular formula is C28H33N3O3. The van der Waals surface area contributed by atoms with Crippen molar-refractivity contribution in [3.63, 3.8) is 0 Å². The Morgan fingerprint density at radius 2 is 1.82 bits per heavy atom. The van der Waals surface area contributed by atoms with Crippen LogP contribution < -0.4 is 14.8 Å². The van der Waals surface area contributed by atoms with Crippen LogP contribution in [0.1, 0.15) is 48.2 Å². The molecule has 0 bridgehead atoms. The minimum absolute atomic E-state index is 0.181. The fourth-order valence-corrected chi connectivity index (χ4v) is 4.26. The van der Waals surface area contributed by atoms with E-state index >= 15 is 0 Å². The van der Waals surface area contributed by atoms with Crippen molar-refractivity contribution in [3.8, 4) is 11.5 Å². The number of aromatic nitrogens is 1. The number of anilines is 1. The van der Waals surface area contributed by atoms with Crippen molar-refractivity contribution in [3.05, 3.63) is 83.7 Å². The topological polar surface area (TPSA) is 63.7 Å². The van der Waals surface area contributed by atoms with Crippen LogP contribution in [-0.4, -0.2) is 35.5 Å². The van der Waals surface area contributed by atoms with Crippen LogP contribution >= 0.6 is 0 Å². The van der Waals surface area contributed by atoms with E-state index in [2.05, 4.69) is 34.3 Å². The summed E-state index contributed by atoms with van der Waals surface area (Å²) in [4.78, 5) is 19.4. The molecule has 6 nitrogen and oxygen atoms in total. The van der Waals surface area contributed by atoms with Crippen molar-refractivity contribution < 1.29 is 14.3 Å². The first-order valence-corrected chi connectivity index (χ1v) is 12.0. The van der Waals surface area contributed by atoms with E-state index in [-0.39, 0.29) is 5.91 Å². The lowest BCUT2D eigenvalue weighted by molar-refractivity contribution is 0.102. The van der Waals surface area contributed by atoms with E-state index in [9.17, 15) is 4.79 Å². The van der Waals surface area contributed by atoms with Gasteiger partial charge < -0.3 is 14.8 Å². The Balaban J connectivity index is 1.37. The smallest absolute Gasteiger partial charge is 0.255 e. The zero-order valence-corrected chi connectivity index (χ0v) is 20.0. The van der Waals surface area contributed by atoms with E-state index in [1.807, 2.05) is 31.2 Å². The highest BCUT2D eigenvalue weighted by Gasteiger charge is 2.16. The van der Waals surface area contributed by atoms with Crippen molar-refractivity contribution in [2.24, 2.45) is 5.92 Å². The van der Waals surface area contributed by atoms with Crippen molar-refractivity contribution in [2.45, 2.75) is 39.8 Å². The van der Waals surface area contributed by atoms with Crippen molar-refractivity contribution in [1.82, 2.24) is 9.88 Å². The third-order valence-corrected chi connectivity index (χ3v) is 6.01. The van der Waals surface area contributed by atoms with Crippen LogP contribution in [-0.2, 0) is 13.2 Å². The molecule has 3 aromatic rings. The zero-order chi connectivity index (χ0) is 23.8. The SMILES string of the molecule is CCOc1cc(C(=O)Nc2ccc(CN3CCCC(C)C3)cc2)ccc1OCc1ccncc1. The summed E-state index contributed by atoms with van der Waals surface area (Å²) >= 11 is 0. The van der Waals surface area contributed by atoms with Crippen LogP contribution in [0.25, 0.3) is 0 Å². The van der Waals surface area contributed by atoms with Gasteiger partial charge in [-0.15, -0.1) is 0 Å². The minimum Gasteiger partial charge on any atom is -0.490 e. The van der Waals surface area contributed by atoms with Gasteiger partial charge in [0.15, 0.2) is 11.5 Å². The second-order valence-electron chi connectivity index (χ2n) is 8.87. The maximum Gasteiger partial charge on any atom is 0.255 e. The number of benzene rings is 2. The highest BCUT2D eigenvalue weighted by atomic mass is 16.5. The van der Waals surface area contributed by atoms with Gasteiger partial charge in [0.25, 0.3) is 5.91 Å². The number of pyridine rings is 1. The van der Waals surface area contributed by atoms with Gasteiger partial charge in [-0.25, -0.2) is 0 Å². The molecule has 0 radical (unpaired) electrons. The molecule has 2 aromatic carbocycles. The van der Waals surface area contributed by atoms with E-state index in [1.165, 1.54) is 18.4 Å². The fourth-order valence-electron chi connectivity index (χ4n) is 4.26. The van der Waals surface area contributed by atoms with Crippen LogP contribution in [0.3, 0.4) is 0 Å². The van der Waals surface area contributed by atoms with Crippen LogP contribution in [0, 0.1) is 5.92 Å². The van der Waals surface area contributed by atoms with Crippen LogP contribution in [0.4, 0.5) is 5.69 Å². The van der Waals surface area contributed by atoms with Crippen LogP contribution in [0.2, 0.25) is 0 Å². The number of nitrogens with zero attached hydrogens (tertiary/aromatic N) is 2. The average molecular weight is 460 g/mol. The van der Waals surface area contributed by atoms with Gasteiger partial charge in [0.05, 0.1) is 6.61 Å². The van der Waals surface area contributed by atoms with Crippen molar-refractivity contribution in [1.29, 1.82) is 0 Å². The number of amides is 1. The van der Waals surface area contributed by atoms with Gasteiger partial charge in [0, 0.05) is 36.7 Å². The summed E-state index contributed by atoms with van der Waals surface area (Å²) in [7, 11) is 0. The van der Waals surface area contributed by atoms with Gasteiger partial charge in [-0.1, -0.05) is 19.1 Å². The largest absolute Gasteiger partial charge is 0.490 e. The molecule has 1 aliphatic heterocycles. The van der Waals surface area contributed by atoms with Crippen molar-refractivity contribution >= 4 is 11.6 Å². The number of hydrogen-bond donors (Lipinski definition) is 1. The average Bonchev–Trinajstić information content (AvgIpc) is 2.85. The number of likely N-dealkylation sites (tertiary alicyclic amines) is 1. The molecule has 4 rings (SSSR count). The summed E-state index contributed by atoms with van der Waals surface area (Å²) in [6.07, 6.45) is 6.06. The minimum atomic E-state index is -0.181. The second kappa shape index (κ2) is 11.7. The van der Waals surface area contributed by atoms with Gasteiger partial charge >= 0.3 is 0 Å². The molecule has 0 spiro atoms. The Hall–Kier alpha value is -3.38. The van der Waals surface area contributed by atoms with E-state index < -0.39 is 0 Å². The number of piperidine rings is 1. The van der Waals surface area contributed by atoms with E-state index in [4.69, 9.17) is 9.47 Å². The standard InChI is InChI=1S/C28H33N3O3/c1-3-33-27-17-24(8-11-26(27)34-20-23-12-14-29-15-13-23)28(32)30-25-9-6-22(7-10-25)19-31-16-4-5-21(2)18-31/h6-15,17,21H,3-5,16,18-20H2,1-2H3,(H,30,32). The molecular weight excluding hydrogens is 426 g/mol. The molecule has 178 valence electrons. The lowest BCUT2D eigenvalue weighted by Crippen LogP contribution is -2.33. The Labute approximate surface area is 201 Å². The van der Waals surface area contributed by atoms with Gasteiger partial charge in [-0.3, -0.25) is 14.7 Å². The quantitative estimate of drug-likeness (QED) is 0.455. The fraction of sp³-hybridized carbons (Fsp3) is 0.357. The van der Waals surface area contributed by atoms with Crippen molar-refractivity contribution in [2.75, 3.05) is 25.0 Å². The molecule has 6 heteroatoms. The van der Waals surface area contributed by atoms with Crippen LogP contribution in [0.15, 0.2) is 67.0 Å². The van der Waals surface area contributed by atoms with E-state index in [0.29, 0.717) is 30.3 Å². The third kappa shape index (κ3) is 6.58. The summed E-state index contributed by atoms with van der Waals surface area (Å²) in [5.41, 5.74) is 3.57. The molecule has 0 saturated carbocycles. The molecule has 1 aromatic heterocycles. The first kappa shape index (κ1) is 23.8. The lowest BCUT2D eigenvalue weighted by Gasteiger charge is -2.30. The summed E-state index contributed by atoms with van der Waals surface area (Å²) < 4.78 is 11.7. The van der Waals surface area contributed by atoms with E-state index in [0.717, 1.165) is 36.8 Å².